The van der Waals surface area contributed by atoms with Crippen molar-refractivity contribution in [1.82, 2.24) is 29.9 Å². The molecular formula is C57H60N12. The first-order valence-electron chi connectivity index (χ1n) is 23.8. The van der Waals surface area contributed by atoms with E-state index < -0.39 is 33.2 Å². The Balaban J connectivity index is 1.13. The van der Waals surface area contributed by atoms with Crippen LogP contribution in [0.5, 0.6) is 0 Å². The SMILES string of the molecule is CC1(C)N=C(c2ccccc2)N(c2cccc(-c3nc(-c4cccc(N5C(c6ccccc6)=NC(C)(C)C5(C)C)n4)nc(-c4cccc(N5C(c6ccccc6)=NC(C)(C)C5(C)C)n4)n3)n2)C1(C)C. The van der Waals surface area contributed by atoms with E-state index in [9.17, 15) is 0 Å². The molecule has 3 aromatic carbocycles. The molecule has 0 aliphatic carbocycles. The lowest BCUT2D eigenvalue weighted by Crippen LogP contribution is -2.53. The predicted octanol–water partition coefficient (Wildman–Crippen LogP) is 11.5. The van der Waals surface area contributed by atoms with E-state index in [1.165, 1.54) is 0 Å². The molecule has 0 atom stereocenters. The van der Waals surface area contributed by atoms with Crippen molar-refractivity contribution in [3.63, 3.8) is 0 Å². The van der Waals surface area contributed by atoms with E-state index in [4.69, 9.17) is 44.9 Å². The number of anilines is 3. The van der Waals surface area contributed by atoms with Gasteiger partial charge in [0.2, 0.25) is 0 Å². The van der Waals surface area contributed by atoms with E-state index in [1.54, 1.807) is 0 Å². The molecule has 0 fully saturated rings. The number of rotatable bonds is 9. The molecule has 0 N–H and O–H groups in total. The van der Waals surface area contributed by atoms with Crippen LogP contribution in [0.3, 0.4) is 0 Å². The molecule has 0 bridgehead atoms. The molecule has 3 aliphatic rings. The Kier molecular flexibility index (Phi) is 10.6. The molecule has 69 heavy (non-hydrogen) atoms. The Hall–Kier alpha value is -7.47. The molecule has 7 aromatic rings. The standard InChI is InChI=1S/C57H60N12/c1-52(2)55(7,8)67(49(64-52)37-25-16-13-17-26-37)43-34-22-31-40(58-43)46-61-47(41-32-23-35-44(59-41)68-50(38-27-18-14-19-28-38)65-53(3,4)56(68,9)10)63-48(62-46)42-33-24-36-45(60-42)69-51(39-29-20-15-21-30-39)66-54(5,6)57(69,11)12/h13-36H,1-12H3. The summed E-state index contributed by atoms with van der Waals surface area (Å²) in [6, 6.07) is 48.8. The quantitative estimate of drug-likeness (QED) is 0.139. The maximum atomic E-state index is 5.35. The van der Waals surface area contributed by atoms with Crippen LogP contribution in [0.25, 0.3) is 34.6 Å². The second-order valence-corrected chi connectivity index (χ2v) is 21.2. The number of pyridine rings is 3. The maximum absolute atomic E-state index is 5.35. The van der Waals surface area contributed by atoms with Crippen molar-refractivity contribution in [3.05, 3.63) is 162 Å². The van der Waals surface area contributed by atoms with Crippen molar-refractivity contribution in [2.24, 2.45) is 15.0 Å². The van der Waals surface area contributed by atoms with Crippen LogP contribution in [0.2, 0.25) is 0 Å². The monoisotopic (exact) mass is 913 g/mol. The highest BCUT2D eigenvalue weighted by molar-refractivity contribution is 6.14. The second kappa shape index (κ2) is 16.1. The van der Waals surface area contributed by atoms with Crippen LogP contribution in [0.4, 0.5) is 17.5 Å². The van der Waals surface area contributed by atoms with Crippen LogP contribution in [-0.4, -0.2) is 80.6 Å². The summed E-state index contributed by atoms with van der Waals surface area (Å²) in [7, 11) is 0. The molecule has 3 aliphatic heterocycles. The van der Waals surface area contributed by atoms with Crippen molar-refractivity contribution in [3.8, 4) is 34.6 Å². The summed E-state index contributed by atoms with van der Waals surface area (Å²) in [4.78, 5) is 54.3. The fraction of sp³-hybridized carbons (Fsp3) is 0.316. The summed E-state index contributed by atoms with van der Waals surface area (Å²) in [5.41, 5.74) is 2.16. The molecular weight excluding hydrogens is 853 g/mol. The Morgan fingerprint density at radius 2 is 0.522 bits per heavy atom. The van der Waals surface area contributed by atoms with Gasteiger partial charge in [0.15, 0.2) is 17.5 Å². The molecule has 7 heterocycles. The summed E-state index contributed by atoms with van der Waals surface area (Å²) >= 11 is 0. The van der Waals surface area contributed by atoms with E-state index in [1.807, 2.05) is 109 Å². The third-order valence-corrected chi connectivity index (χ3v) is 15.3. The Labute approximate surface area is 406 Å². The number of hydrogen-bond donors (Lipinski definition) is 0. The molecule has 0 saturated carbocycles. The highest BCUT2D eigenvalue weighted by Gasteiger charge is 2.52. The number of amidine groups is 3. The first-order chi connectivity index (χ1) is 32.7. The summed E-state index contributed by atoms with van der Waals surface area (Å²) in [6.07, 6.45) is 0. The Bertz CT molecular complexity index is 2840. The lowest BCUT2D eigenvalue weighted by Gasteiger charge is -2.40. The number of aromatic nitrogens is 6. The molecule has 12 heteroatoms. The lowest BCUT2D eigenvalue weighted by molar-refractivity contribution is 0.337. The van der Waals surface area contributed by atoms with Crippen molar-refractivity contribution in [2.75, 3.05) is 14.7 Å². The number of aliphatic imine (C=N–C) groups is 3. The van der Waals surface area contributed by atoms with Crippen LogP contribution >= 0.6 is 0 Å². The molecule has 0 amide bonds. The van der Waals surface area contributed by atoms with Gasteiger partial charge in [0, 0.05) is 16.7 Å². The zero-order valence-corrected chi connectivity index (χ0v) is 41.7. The van der Waals surface area contributed by atoms with Gasteiger partial charge >= 0.3 is 0 Å². The molecule has 0 spiro atoms. The third-order valence-electron chi connectivity index (χ3n) is 15.3. The Morgan fingerprint density at radius 3 is 0.768 bits per heavy atom. The fourth-order valence-corrected chi connectivity index (χ4v) is 9.23. The van der Waals surface area contributed by atoms with Crippen LogP contribution in [-0.2, 0) is 0 Å². The molecule has 10 rings (SSSR count). The zero-order valence-electron chi connectivity index (χ0n) is 41.7. The van der Waals surface area contributed by atoms with Gasteiger partial charge in [-0.2, -0.15) is 0 Å². The summed E-state index contributed by atoms with van der Waals surface area (Å²) < 4.78 is 0. The van der Waals surface area contributed by atoms with Gasteiger partial charge in [-0.3, -0.25) is 15.0 Å². The molecule has 0 unspecified atom stereocenters. The van der Waals surface area contributed by atoms with Gasteiger partial charge in [0.25, 0.3) is 0 Å². The summed E-state index contributed by atoms with van der Waals surface area (Å²) in [5.74, 6) is 5.90. The van der Waals surface area contributed by atoms with E-state index in [0.717, 1.165) is 51.7 Å². The van der Waals surface area contributed by atoms with Gasteiger partial charge < -0.3 is 14.7 Å². The third kappa shape index (κ3) is 7.48. The normalized spacial score (nSPS) is 19.3. The van der Waals surface area contributed by atoms with Crippen molar-refractivity contribution >= 4 is 35.0 Å². The lowest BCUT2D eigenvalue weighted by atomic mass is 9.83. The van der Waals surface area contributed by atoms with Crippen molar-refractivity contribution in [2.45, 2.75) is 116 Å². The van der Waals surface area contributed by atoms with Crippen LogP contribution in [0, 0.1) is 0 Å². The van der Waals surface area contributed by atoms with Gasteiger partial charge in [-0.05, 0) is 119 Å². The zero-order chi connectivity index (χ0) is 48.7. The Morgan fingerprint density at radius 1 is 0.275 bits per heavy atom. The van der Waals surface area contributed by atoms with Crippen LogP contribution in [0.1, 0.15) is 99.8 Å². The first-order valence-corrected chi connectivity index (χ1v) is 23.8. The highest BCUT2D eigenvalue weighted by atomic mass is 15.4. The summed E-state index contributed by atoms with van der Waals surface area (Å²) in [5, 5.41) is 0. The van der Waals surface area contributed by atoms with Gasteiger partial charge in [-0.1, -0.05) is 109 Å². The van der Waals surface area contributed by atoms with Gasteiger partial charge in [-0.25, -0.2) is 29.9 Å². The molecule has 4 aromatic heterocycles. The largest absolute Gasteiger partial charge is 0.303 e. The van der Waals surface area contributed by atoms with Gasteiger partial charge in [-0.15, -0.1) is 0 Å². The molecule has 12 nitrogen and oxygen atoms in total. The minimum Gasteiger partial charge on any atom is -0.303 e. The number of hydrogen-bond acceptors (Lipinski definition) is 12. The first kappa shape index (κ1) is 45.3. The van der Waals surface area contributed by atoms with Crippen molar-refractivity contribution < 1.29 is 0 Å². The molecule has 0 radical (unpaired) electrons. The maximum Gasteiger partial charge on any atom is 0.182 e. The minimum atomic E-state index is -0.437. The minimum absolute atomic E-state index is 0.383. The smallest absolute Gasteiger partial charge is 0.182 e. The van der Waals surface area contributed by atoms with E-state index >= 15 is 0 Å². The van der Waals surface area contributed by atoms with Crippen LogP contribution < -0.4 is 14.7 Å². The average molecular weight is 913 g/mol. The fourth-order valence-electron chi connectivity index (χ4n) is 9.23. The highest BCUT2D eigenvalue weighted by Crippen LogP contribution is 2.45. The van der Waals surface area contributed by atoms with Crippen molar-refractivity contribution in [1.29, 1.82) is 0 Å². The van der Waals surface area contributed by atoms with Gasteiger partial charge in [0.05, 0.1) is 33.2 Å². The number of benzene rings is 3. The molecule has 348 valence electrons. The topological polar surface area (TPSA) is 124 Å². The van der Waals surface area contributed by atoms with E-state index in [2.05, 4.69) is 134 Å². The van der Waals surface area contributed by atoms with Gasteiger partial charge in [0.1, 0.15) is 52.0 Å². The summed E-state index contributed by atoms with van der Waals surface area (Å²) in [6.45, 7) is 26.3. The second-order valence-electron chi connectivity index (χ2n) is 21.2. The number of nitrogens with zero attached hydrogens (tertiary/aromatic N) is 12. The van der Waals surface area contributed by atoms with E-state index in [0.29, 0.717) is 34.6 Å². The van der Waals surface area contributed by atoms with E-state index in [-0.39, 0.29) is 0 Å². The van der Waals surface area contributed by atoms with Crippen LogP contribution in [0.15, 0.2) is 161 Å². The average Bonchev–Trinajstić information content (AvgIpc) is 3.76. The molecule has 0 saturated heterocycles. The predicted molar refractivity (Wildman–Crippen MR) is 280 cm³/mol.